The van der Waals surface area contributed by atoms with E-state index < -0.39 is 0 Å². The molecule has 1 heterocycles. The van der Waals surface area contributed by atoms with Crippen LogP contribution in [0, 0.1) is 0 Å². The normalized spacial score (nSPS) is 14.7. The van der Waals surface area contributed by atoms with Crippen LogP contribution in [0.3, 0.4) is 0 Å². The van der Waals surface area contributed by atoms with Crippen molar-refractivity contribution in [3.05, 3.63) is 59.2 Å². The van der Waals surface area contributed by atoms with Crippen LogP contribution in [0.5, 0.6) is 5.75 Å². The molecule has 0 radical (unpaired) electrons. The Kier molecular flexibility index (Phi) is 2.68. The highest BCUT2D eigenvalue weighted by atomic mass is 16.3. The molecule has 3 nitrogen and oxygen atoms in total. The van der Waals surface area contributed by atoms with Gasteiger partial charge in [0.05, 0.1) is 0 Å². The Balaban J connectivity index is 1.76. The molecule has 0 saturated carbocycles. The summed E-state index contributed by atoms with van der Waals surface area (Å²) in [6.45, 7) is 2.64. The van der Waals surface area contributed by atoms with E-state index in [4.69, 9.17) is 5.73 Å². The summed E-state index contributed by atoms with van der Waals surface area (Å²) in [4.78, 5) is 2.32. The minimum absolute atomic E-state index is 0.283. The monoisotopic (exact) mass is 240 g/mol. The molecule has 0 bridgehead atoms. The van der Waals surface area contributed by atoms with Gasteiger partial charge in [0.15, 0.2) is 0 Å². The molecule has 0 aromatic heterocycles. The summed E-state index contributed by atoms with van der Waals surface area (Å²) in [6.07, 6.45) is 0. The molecule has 1 aliphatic heterocycles. The van der Waals surface area contributed by atoms with Crippen molar-refractivity contribution in [2.24, 2.45) is 0 Å². The Morgan fingerprint density at radius 3 is 2.33 bits per heavy atom. The molecule has 92 valence electrons. The molecule has 0 aliphatic carbocycles. The molecule has 0 amide bonds. The number of nitrogens with two attached hydrogens (primary N) is 1. The lowest BCUT2D eigenvalue weighted by Crippen LogP contribution is -2.15. The second-order valence-corrected chi connectivity index (χ2v) is 4.80. The molecule has 0 spiro atoms. The molecular weight excluding hydrogens is 224 g/mol. The van der Waals surface area contributed by atoms with E-state index in [0.717, 1.165) is 25.2 Å². The first-order valence-electron chi connectivity index (χ1n) is 6.09. The van der Waals surface area contributed by atoms with E-state index in [1.807, 2.05) is 12.1 Å². The van der Waals surface area contributed by atoms with E-state index in [-0.39, 0.29) is 5.75 Å². The molecule has 0 saturated heterocycles. The Labute approximate surface area is 106 Å². The summed E-state index contributed by atoms with van der Waals surface area (Å²) < 4.78 is 0. The minimum atomic E-state index is 0.283. The molecule has 0 unspecified atom stereocenters. The molecule has 3 N–H and O–H groups in total. The zero-order valence-electron chi connectivity index (χ0n) is 10.1. The van der Waals surface area contributed by atoms with E-state index >= 15 is 0 Å². The van der Waals surface area contributed by atoms with Crippen LogP contribution in [0.15, 0.2) is 42.5 Å². The molecule has 0 fully saturated rings. The SMILES string of the molecule is Nc1ccc(CN2Cc3ccccc3C2)c(O)c1. The lowest BCUT2D eigenvalue weighted by molar-refractivity contribution is 0.271. The number of aromatic hydroxyl groups is 1. The lowest BCUT2D eigenvalue weighted by Gasteiger charge is -2.15. The first-order valence-corrected chi connectivity index (χ1v) is 6.09. The lowest BCUT2D eigenvalue weighted by atomic mass is 10.1. The number of anilines is 1. The highest BCUT2D eigenvalue weighted by Gasteiger charge is 2.19. The van der Waals surface area contributed by atoms with Gasteiger partial charge in [-0.25, -0.2) is 0 Å². The van der Waals surface area contributed by atoms with Crippen molar-refractivity contribution in [2.45, 2.75) is 19.6 Å². The fourth-order valence-electron chi connectivity index (χ4n) is 2.47. The third-order valence-electron chi connectivity index (χ3n) is 3.41. The molecular formula is C15H16N2O. The second-order valence-electron chi connectivity index (χ2n) is 4.80. The van der Waals surface area contributed by atoms with Gasteiger partial charge in [-0.1, -0.05) is 30.3 Å². The van der Waals surface area contributed by atoms with Gasteiger partial charge < -0.3 is 10.8 Å². The topological polar surface area (TPSA) is 49.5 Å². The minimum Gasteiger partial charge on any atom is -0.508 e. The van der Waals surface area contributed by atoms with E-state index in [9.17, 15) is 5.11 Å². The summed E-state index contributed by atoms with van der Waals surface area (Å²) in [6, 6.07) is 13.8. The third kappa shape index (κ3) is 2.05. The Hall–Kier alpha value is -2.00. The number of nitrogens with zero attached hydrogens (tertiary/aromatic N) is 1. The maximum atomic E-state index is 9.86. The standard InChI is InChI=1S/C15H16N2O/c16-14-6-5-13(15(18)7-14)10-17-8-11-3-1-2-4-12(11)9-17/h1-7,18H,8-10,16H2. The van der Waals surface area contributed by atoms with E-state index in [1.54, 1.807) is 6.07 Å². The van der Waals surface area contributed by atoms with E-state index in [2.05, 4.69) is 29.2 Å². The van der Waals surface area contributed by atoms with Crippen molar-refractivity contribution < 1.29 is 5.11 Å². The summed E-state index contributed by atoms with van der Waals surface area (Å²) in [5, 5.41) is 9.86. The number of phenolic OH excluding ortho intramolecular Hbond substituents is 1. The largest absolute Gasteiger partial charge is 0.508 e. The quantitative estimate of drug-likeness (QED) is 0.793. The summed E-state index contributed by atoms with van der Waals surface area (Å²) in [5.74, 6) is 0.283. The fraction of sp³-hybridized carbons (Fsp3) is 0.200. The van der Waals surface area contributed by atoms with Crippen LogP contribution in [-0.2, 0) is 19.6 Å². The average molecular weight is 240 g/mol. The smallest absolute Gasteiger partial charge is 0.122 e. The average Bonchev–Trinajstić information content (AvgIpc) is 2.75. The van der Waals surface area contributed by atoms with E-state index in [0.29, 0.717) is 5.69 Å². The third-order valence-corrected chi connectivity index (χ3v) is 3.41. The van der Waals surface area contributed by atoms with Crippen LogP contribution < -0.4 is 5.73 Å². The fourth-order valence-corrected chi connectivity index (χ4v) is 2.47. The molecule has 1 aliphatic rings. The predicted octanol–water partition coefficient (Wildman–Crippen LogP) is 2.49. The first-order chi connectivity index (χ1) is 8.72. The van der Waals surface area contributed by atoms with Gasteiger partial charge in [-0.2, -0.15) is 0 Å². The van der Waals surface area contributed by atoms with Gasteiger partial charge in [0, 0.05) is 37.0 Å². The van der Waals surface area contributed by atoms with Gasteiger partial charge in [-0.3, -0.25) is 4.90 Å². The van der Waals surface area contributed by atoms with Gasteiger partial charge in [-0.05, 0) is 17.2 Å². The van der Waals surface area contributed by atoms with Gasteiger partial charge in [0.25, 0.3) is 0 Å². The molecule has 2 aromatic rings. The van der Waals surface area contributed by atoms with Crippen LogP contribution in [0.1, 0.15) is 16.7 Å². The predicted molar refractivity (Wildman–Crippen MR) is 71.9 cm³/mol. The Morgan fingerprint density at radius 1 is 1.06 bits per heavy atom. The van der Waals surface area contributed by atoms with Gasteiger partial charge in [0.2, 0.25) is 0 Å². The molecule has 3 heteroatoms. The van der Waals surface area contributed by atoms with Crippen molar-refractivity contribution in [2.75, 3.05) is 5.73 Å². The number of phenols is 1. The van der Waals surface area contributed by atoms with Crippen molar-refractivity contribution in [3.8, 4) is 5.75 Å². The number of benzene rings is 2. The zero-order valence-corrected chi connectivity index (χ0v) is 10.1. The van der Waals surface area contributed by atoms with Crippen molar-refractivity contribution >= 4 is 5.69 Å². The Morgan fingerprint density at radius 2 is 1.72 bits per heavy atom. The number of fused-ring (bicyclic) bond motifs is 1. The highest BCUT2D eigenvalue weighted by Crippen LogP contribution is 2.27. The van der Waals surface area contributed by atoms with Crippen LogP contribution in [0.25, 0.3) is 0 Å². The van der Waals surface area contributed by atoms with Crippen LogP contribution >= 0.6 is 0 Å². The maximum Gasteiger partial charge on any atom is 0.122 e. The van der Waals surface area contributed by atoms with Crippen LogP contribution in [-0.4, -0.2) is 10.0 Å². The van der Waals surface area contributed by atoms with Crippen molar-refractivity contribution in [1.29, 1.82) is 0 Å². The number of nitrogen functional groups attached to an aromatic ring is 1. The van der Waals surface area contributed by atoms with Gasteiger partial charge in [-0.15, -0.1) is 0 Å². The van der Waals surface area contributed by atoms with Crippen molar-refractivity contribution in [1.82, 2.24) is 4.90 Å². The number of rotatable bonds is 2. The molecule has 18 heavy (non-hydrogen) atoms. The summed E-state index contributed by atoms with van der Waals surface area (Å²) in [7, 11) is 0. The molecule has 0 atom stereocenters. The number of hydrogen-bond acceptors (Lipinski definition) is 3. The highest BCUT2D eigenvalue weighted by molar-refractivity contribution is 5.47. The zero-order chi connectivity index (χ0) is 12.5. The van der Waals surface area contributed by atoms with Gasteiger partial charge >= 0.3 is 0 Å². The Bertz CT molecular complexity index is 555. The maximum absolute atomic E-state index is 9.86. The first kappa shape index (κ1) is 11.1. The molecule has 2 aromatic carbocycles. The number of hydrogen-bond donors (Lipinski definition) is 2. The van der Waals surface area contributed by atoms with Crippen LogP contribution in [0.2, 0.25) is 0 Å². The summed E-state index contributed by atoms with van der Waals surface area (Å²) in [5.41, 5.74) is 9.92. The van der Waals surface area contributed by atoms with E-state index in [1.165, 1.54) is 11.1 Å². The van der Waals surface area contributed by atoms with Crippen molar-refractivity contribution in [3.63, 3.8) is 0 Å². The second kappa shape index (κ2) is 4.35. The van der Waals surface area contributed by atoms with Gasteiger partial charge in [0.1, 0.15) is 5.75 Å². The van der Waals surface area contributed by atoms with Crippen LogP contribution in [0.4, 0.5) is 5.69 Å². The molecule has 3 rings (SSSR count). The summed E-state index contributed by atoms with van der Waals surface area (Å²) >= 11 is 0.